The highest BCUT2D eigenvalue weighted by molar-refractivity contribution is 5.97. The fourth-order valence-corrected chi connectivity index (χ4v) is 2.70. The SMILES string of the molecule is Cc1ccc(NC2CC(=O)N(C)c3ccccc32)c(F)c1. The molecule has 0 saturated heterocycles. The van der Waals surface area contributed by atoms with Crippen molar-refractivity contribution < 1.29 is 9.18 Å². The molecule has 3 nitrogen and oxygen atoms in total. The van der Waals surface area contributed by atoms with Crippen molar-refractivity contribution in [1.29, 1.82) is 0 Å². The third kappa shape index (κ3) is 2.49. The number of hydrogen-bond acceptors (Lipinski definition) is 2. The number of halogens is 1. The maximum atomic E-state index is 14.0. The molecule has 1 heterocycles. The molecule has 4 heteroatoms. The molecule has 0 aromatic heterocycles. The van der Waals surface area contributed by atoms with E-state index in [1.165, 1.54) is 6.07 Å². The molecule has 1 N–H and O–H groups in total. The van der Waals surface area contributed by atoms with E-state index in [1.807, 2.05) is 37.3 Å². The Labute approximate surface area is 123 Å². The lowest BCUT2D eigenvalue weighted by atomic mass is 9.96. The van der Waals surface area contributed by atoms with Gasteiger partial charge in [-0.25, -0.2) is 4.39 Å². The zero-order valence-electron chi connectivity index (χ0n) is 12.1. The van der Waals surface area contributed by atoms with Crippen LogP contribution in [0.15, 0.2) is 42.5 Å². The van der Waals surface area contributed by atoms with E-state index in [1.54, 1.807) is 18.0 Å². The van der Waals surface area contributed by atoms with E-state index in [4.69, 9.17) is 0 Å². The Morgan fingerprint density at radius 1 is 1.24 bits per heavy atom. The maximum Gasteiger partial charge on any atom is 0.229 e. The number of fused-ring (bicyclic) bond motifs is 1. The van der Waals surface area contributed by atoms with Crippen molar-refractivity contribution in [3.05, 3.63) is 59.4 Å². The molecule has 3 rings (SSSR count). The van der Waals surface area contributed by atoms with Gasteiger partial charge >= 0.3 is 0 Å². The van der Waals surface area contributed by atoms with Crippen molar-refractivity contribution in [1.82, 2.24) is 0 Å². The van der Waals surface area contributed by atoms with Crippen molar-refractivity contribution in [3.8, 4) is 0 Å². The lowest BCUT2D eigenvalue weighted by molar-refractivity contribution is -0.118. The number of carbonyl (C=O) groups excluding carboxylic acids is 1. The largest absolute Gasteiger partial charge is 0.375 e. The highest BCUT2D eigenvalue weighted by atomic mass is 19.1. The summed E-state index contributed by atoms with van der Waals surface area (Å²) >= 11 is 0. The van der Waals surface area contributed by atoms with E-state index in [2.05, 4.69) is 5.32 Å². The van der Waals surface area contributed by atoms with Gasteiger partial charge < -0.3 is 10.2 Å². The summed E-state index contributed by atoms with van der Waals surface area (Å²) in [6.07, 6.45) is 0.320. The molecule has 0 radical (unpaired) electrons. The van der Waals surface area contributed by atoms with Crippen LogP contribution in [0.4, 0.5) is 15.8 Å². The molecule has 1 amide bonds. The van der Waals surface area contributed by atoms with Gasteiger partial charge in [0.2, 0.25) is 5.91 Å². The molecule has 108 valence electrons. The molecule has 0 saturated carbocycles. The molecule has 2 aromatic carbocycles. The fraction of sp³-hybridized carbons (Fsp3) is 0.235. The van der Waals surface area contributed by atoms with Crippen LogP contribution in [0.2, 0.25) is 0 Å². The van der Waals surface area contributed by atoms with E-state index >= 15 is 0 Å². The molecule has 21 heavy (non-hydrogen) atoms. The summed E-state index contributed by atoms with van der Waals surface area (Å²) in [6, 6.07) is 12.6. The first-order chi connectivity index (χ1) is 10.1. The Kier molecular flexibility index (Phi) is 3.37. The van der Waals surface area contributed by atoms with Crippen molar-refractivity contribution in [2.75, 3.05) is 17.3 Å². The van der Waals surface area contributed by atoms with E-state index in [9.17, 15) is 9.18 Å². The lowest BCUT2D eigenvalue weighted by Crippen LogP contribution is -2.35. The zero-order chi connectivity index (χ0) is 15.0. The van der Waals surface area contributed by atoms with Gasteiger partial charge in [-0.05, 0) is 36.2 Å². The first-order valence-electron chi connectivity index (χ1n) is 6.94. The standard InChI is InChI=1S/C17H17FN2O/c1-11-7-8-14(13(18)9-11)19-15-10-17(21)20(2)16-6-4-3-5-12(15)16/h3-9,15,19H,10H2,1-2H3. The number of para-hydroxylation sites is 1. The third-order valence-electron chi connectivity index (χ3n) is 3.88. The molecular weight excluding hydrogens is 267 g/mol. The normalized spacial score (nSPS) is 17.6. The van der Waals surface area contributed by atoms with Gasteiger partial charge in [-0.1, -0.05) is 24.3 Å². The highest BCUT2D eigenvalue weighted by Gasteiger charge is 2.29. The number of anilines is 2. The molecule has 1 aliphatic rings. The van der Waals surface area contributed by atoms with Crippen LogP contribution in [0.1, 0.15) is 23.6 Å². The van der Waals surface area contributed by atoms with Crippen molar-refractivity contribution >= 4 is 17.3 Å². The number of carbonyl (C=O) groups is 1. The maximum absolute atomic E-state index is 14.0. The summed E-state index contributed by atoms with van der Waals surface area (Å²) in [5, 5.41) is 3.16. The number of rotatable bonds is 2. The fourth-order valence-electron chi connectivity index (χ4n) is 2.70. The molecular formula is C17H17FN2O. The van der Waals surface area contributed by atoms with Crippen LogP contribution in [-0.2, 0) is 4.79 Å². The predicted octanol–water partition coefficient (Wildman–Crippen LogP) is 3.65. The van der Waals surface area contributed by atoms with Crippen LogP contribution < -0.4 is 10.2 Å². The summed E-state index contributed by atoms with van der Waals surface area (Å²) in [4.78, 5) is 13.7. The quantitative estimate of drug-likeness (QED) is 0.913. The Morgan fingerprint density at radius 3 is 2.76 bits per heavy atom. The average molecular weight is 284 g/mol. The second-order valence-corrected chi connectivity index (χ2v) is 5.40. The number of nitrogens with zero attached hydrogens (tertiary/aromatic N) is 1. The van der Waals surface area contributed by atoms with Gasteiger partial charge in [0.1, 0.15) is 5.82 Å². The number of amides is 1. The van der Waals surface area contributed by atoms with Gasteiger partial charge in [-0.15, -0.1) is 0 Å². The molecule has 1 aliphatic heterocycles. The summed E-state index contributed by atoms with van der Waals surface area (Å²) in [7, 11) is 1.77. The second kappa shape index (κ2) is 5.20. The van der Waals surface area contributed by atoms with E-state index < -0.39 is 0 Å². The van der Waals surface area contributed by atoms with Gasteiger partial charge in [0, 0.05) is 12.7 Å². The minimum atomic E-state index is -0.293. The van der Waals surface area contributed by atoms with Crippen LogP contribution in [-0.4, -0.2) is 13.0 Å². The molecule has 0 spiro atoms. The molecule has 0 fully saturated rings. The van der Waals surface area contributed by atoms with Gasteiger partial charge in [0.15, 0.2) is 0 Å². The van der Waals surface area contributed by atoms with Gasteiger partial charge in [-0.2, -0.15) is 0 Å². The van der Waals surface area contributed by atoms with E-state index in [0.29, 0.717) is 12.1 Å². The van der Waals surface area contributed by atoms with Crippen LogP contribution in [0, 0.1) is 12.7 Å². The Balaban J connectivity index is 1.96. The van der Waals surface area contributed by atoms with Gasteiger partial charge in [0.25, 0.3) is 0 Å². The van der Waals surface area contributed by atoms with Crippen molar-refractivity contribution in [3.63, 3.8) is 0 Å². The molecule has 1 atom stereocenters. The number of benzene rings is 2. The second-order valence-electron chi connectivity index (χ2n) is 5.40. The first-order valence-corrected chi connectivity index (χ1v) is 6.94. The molecule has 0 bridgehead atoms. The van der Waals surface area contributed by atoms with E-state index in [-0.39, 0.29) is 17.8 Å². The number of hydrogen-bond donors (Lipinski definition) is 1. The number of aryl methyl sites for hydroxylation is 1. The highest BCUT2D eigenvalue weighted by Crippen LogP contribution is 2.36. The average Bonchev–Trinajstić information content (AvgIpc) is 2.47. The Bertz CT molecular complexity index is 699. The van der Waals surface area contributed by atoms with Crippen molar-refractivity contribution in [2.45, 2.75) is 19.4 Å². The molecule has 2 aromatic rings. The van der Waals surface area contributed by atoms with Gasteiger partial charge in [0.05, 0.1) is 18.2 Å². The molecule has 0 aliphatic carbocycles. The smallest absolute Gasteiger partial charge is 0.229 e. The summed E-state index contributed by atoms with van der Waals surface area (Å²) in [5.41, 5.74) is 3.19. The zero-order valence-corrected chi connectivity index (χ0v) is 12.1. The third-order valence-corrected chi connectivity index (χ3v) is 3.88. The van der Waals surface area contributed by atoms with Crippen LogP contribution in [0.3, 0.4) is 0 Å². The monoisotopic (exact) mass is 284 g/mol. The summed E-state index contributed by atoms with van der Waals surface area (Å²) in [5.74, 6) is -0.266. The Hall–Kier alpha value is -2.36. The minimum absolute atomic E-state index is 0.0266. The first kappa shape index (κ1) is 13.6. The number of nitrogens with one attached hydrogen (secondary N) is 1. The van der Waals surface area contributed by atoms with E-state index in [0.717, 1.165) is 16.8 Å². The molecule has 1 unspecified atom stereocenters. The minimum Gasteiger partial charge on any atom is -0.375 e. The predicted molar refractivity (Wildman–Crippen MR) is 82.0 cm³/mol. The summed E-state index contributed by atoms with van der Waals surface area (Å²) in [6.45, 7) is 1.85. The van der Waals surface area contributed by atoms with Crippen LogP contribution in [0.5, 0.6) is 0 Å². The van der Waals surface area contributed by atoms with Crippen LogP contribution in [0.25, 0.3) is 0 Å². The Morgan fingerprint density at radius 2 is 2.00 bits per heavy atom. The summed E-state index contributed by atoms with van der Waals surface area (Å²) < 4.78 is 14.0. The topological polar surface area (TPSA) is 32.3 Å². The van der Waals surface area contributed by atoms with Crippen LogP contribution >= 0.6 is 0 Å². The van der Waals surface area contributed by atoms with Crippen molar-refractivity contribution in [2.24, 2.45) is 0 Å². The van der Waals surface area contributed by atoms with Gasteiger partial charge in [-0.3, -0.25) is 4.79 Å². The lowest BCUT2D eigenvalue weighted by Gasteiger charge is -2.32.